The van der Waals surface area contributed by atoms with Crippen LogP contribution in [0.2, 0.25) is 0 Å². The number of anilines is 2. The minimum Gasteiger partial charge on any atom is -0.326 e. The zero-order chi connectivity index (χ0) is 16.9. The number of aryl methyl sites for hydroxylation is 1. The zero-order valence-electron chi connectivity index (χ0n) is 13.5. The van der Waals surface area contributed by atoms with E-state index in [9.17, 15) is 9.59 Å². The second-order valence-electron chi connectivity index (χ2n) is 6.00. The van der Waals surface area contributed by atoms with Crippen molar-refractivity contribution in [1.29, 1.82) is 0 Å². The molecule has 24 heavy (non-hydrogen) atoms. The average molecular weight is 340 g/mol. The van der Waals surface area contributed by atoms with E-state index in [1.807, 2.05) is 55.5 Å². The molecule has 2 aromatic rings. The number of carbonyl (C=O) groups excluding carboxylic acids is 2. The first-order chi connectivity index (χ1) is 11.6. The van der Waals surface area contributed by atoms with Crippen LogP contribution in [-0.2, 0) is 9.59 Å². The maximum atomic E-state index is 12.1. The molecule has 2 N–H and O–H groups in total. The van der Waals surface area contributed by atoms with E-state index in [-0.39, 0.29) is 17.7 Å². The van der Waals surface area contributed by atoms with Crippen molar-refractivity contribution in [2.45, 2.75) is 24.7 Å². The molecule has 0 unspecified atom stereocenters. The predicted octanol–water partition coefficient (Wildman–Crippen LogP) is 4.07. The number of benzene rings is 2. The summed E-state index contributed by atoms with van der Waals surface area (Å²) in [7, 11) is 0. The summed E-state index contributed by atoms with van der Waals surface area (Å²) in [5.74, 6) is 0.558. The summed E-state index contributed by atoms with van der Waals surface area (Å²) in [4.78, 5) is 24.8. The lowest BCUT2D eigenvalue weighted by Gasteiger charge is -2.08. The Balaban J connectivity index is 1.52. The molecule has 3 rings (SSSR count). The minimum absolute atomic E-state index is 0.0435. The molecule has 1 fully saturated rings. The number of amides is 2. The Labute approximate surface area is 146 Å². The molecule has 5 heteroatoms. The molecular weight excluding hydrogens is 320 g/mol. The average Bonchev–Trinajstić information content (AvgIpc) is 3.38. The highest BCUT2D eigenvalue weighted by Crippen LogP contribution is 2.30. The van der Waals surface area contributed by atoms with Crippen LogP contribution < -0.4 is 10.6 Å². The van der Waals surface area contributed by atoms with Crippen molar-refractivity contribution in [3.8, 4) is 0 Å². The minimum atomic E-state index is -0.0435. The van der Waals surface area contributed by atoms with Gasteiger partial charge in [0, 0.05) is 22.2 Å². The fraction of sp³-hybridized carbons (Fsp3) is 0.263. The molecule has 0 atom stereocenters. The molecule has 124 valence electrons. The molecule has 2 amide bonds. The van der Waals surface area contributed by atoms with Gasteiger partial charge in [-0.25, -0.2) is 0 Å². The summed E-state index contributed by atoms with van der Waals surface area (Å²) in [6.07, 6.45) is 1.97. The standard InChI is InChI=1S/C19H20N2O2S/c1-13-4-2-5-15(10-13)20-18(22)12-24-17-7-3-6-16(11-17)21-19(23)14-8-9-14/h2-7,10-11,14H,8-9,12H2,1H3,(H,20,22)(H,21,23). The van der Waals surface area contributed by atoms with Gasteiger partial charge in [-0.05, 0) is 55.7 Å². The molecule has 1 aliphatic rings. The van der Waals surface area contributed by atoms with Gasteiger partial charge in [0.05, 0.1) is 5.75 Å². The van der Waals surface area contributed by atoms with Gasteiger partial charge >= 0.3 is 0 Å². The van der Waals surface area contributed by atoms with Crippen molar-refractivity contribution in [2.75, 3.05) is 16.4 Å². The molecule has 0 saturated heterocycles. The summed E-state index contributed by atoms with van der Waals surface area (Å²) < 4.78 is 0. The SMILES string of the molecule is Cc1cccc(NC(=O)CSc2cccc(NC(=O)C3CC3)c2)c1. The Bertz CT molecular complexity index is 757. The van der Waals surface area contributed by atoms with Crippen LogP contribution in [0.5, 0.6) is 0 Å². The highest BCUT2D eigenvalue weighted by atomic mass is 32.2. The summed E-state index contributed by atoms with van der Waals surface area (Å²) >= 11 is 1.45. The van der Waals surface area contributed by atoms with Gasteiger partial charge in [0.1, 0.15) is 0 Å². The van der Waals surface area contributed by atoms with E-state index in [1.165, 1.54) is 11.8 Å². The van der Waals surface area contributed by atoms with Crippen molar-refractivity contribution in [2.24, 2.45) is 5.92 Å². The molecule has 0 aromatic heterocycles. The smallest absolute Gasteiger partial charge is 0.234 e. The Kier molecular flexibility index (Phi) is 5.20. The van der Waals surface area contributed by atoms with Crippen LogP contribution in [0.15, 0.2) is 53.4 Å². The second-order valence-corrected chi connectivity index (χ2v) is 7.05. The van der Waals surface area contributed by atoms with Crippen LogP contribution in [-0.4, -0.2) is 17.6 Å². The maximum absolute atomic E-state index is 12.1. The third kappa shape index (κ3) is 4.86. The number of carbonyl (C=O) groups is 2. The highest BCUT2D eigenvalue weighted by molar-refractivity contribution is 8.00. The Morgan fingerprint density at radius 3 is 2.46 bits per heavy atom. The lowest BCUT2D eigenvalue weighted by molar-refractivity contribution is -0.117. The molecule has 0 radical (unpaired) electrons. The maximum Gasteiger partial charge on any atom is 0.234 e. The van der Waals surface area contributed by atoms with Crippen molar-refractivity contribution in [3.63, 3.8) is 0 Å². The summed E-state index contributed by atoms with van der Waals surface area (Å²) in [5, 5.41) is 5.82. The van der Waals surface area contributed by atoms with E-state index in [0.717, 1.165) is 34.7 Å². The van der Waals surface area contributed by atoms with Crippen LogP contribution in [0.25, 0.3) is 0 Å². The number of hydrogen-bond donors (Lipinski definition) is 2. The Hall–Kier alpha value is -2.27. The normalized spacial score (nSPS) is 13.4. The van der Waals surface area contributed by atoms with Crippen molar-refractivity contribution >= 4 is 35.0 Å². The van der Waals surface area contributed by atoms with Gasteiger partial charge in [-0.3, -0.25) is 9.59 Å². The fourth-order valence-electron chi connectivity index (χ4n) is 2.32. The first kappa shape index (κ1) is 16.6. The third-order valence-corrected chi connectivity index (χ3v) is 4.72. The number of thioether (sulfide) groups is 1. The van der Waals surface area contributed by atoms with Crippen LogP contribution in [0.4, 0.5) is 11.4 Å². The second kappa shape index (κ2) is 7.53. The van der Waals surface area contributed by atoms with Gasteiger partial charge in [-0.1, -0.05) is 18.2 Å². The van der Waals surface area contributed by atoms with E-state index < -0.39 is 0 Å². The highest BCUT2D eigenvalue weighted by Gasteiger charge is 2.29. The quantitative estimate of drug-likeness (QED) is 0.779. The van der Waals surface area contributed by atoms with Gasteiger partial charge in [0.25, 0.3) is 0 Å². The summed E-state index contributed by atoms with van der Waals surface area (Å²) in [6, 6.07) is 15.3. The van der Waals surface area contributed by atoms with Crippen LogP contribution >= 0.6 is 11.8 Å². The molecule has 4 nitrogen and oxygen atoms in total. The molecule has 1 saturated carbocycles. The van der Waals surface area contributed by atoms with Gasteiger partial charge in [0.2, 0.25) is 11.8 Å². The molecular formula is C19H20N2O2S. The monoisotopic (exact) mass is 340 g/mol. The lowest BCUT2D eigenvalue weighted by Crippen LogP contribution is -2.14. The van der Waals surface area contributed by atoms with Crippen molar-refractivity contribution in [1.82, 2.24) is 0 Å². The summed E-state index contributed by atoms with van der Waals surface area (Å²) in [6.45, 7) is 1.99. The van der Waals surface area contributed by atoms with E-state index in [4.69, 9.17) is 0 Å². The van der Waals surface area contributed by atoms with E-state index in [2.05, 4.69) is 10.6 Å². The van der Waals surface area contributed by atoms with E-state index in [1.54, 1.807) is 0 Å². The largest absolute Gasteiger partial charge is 0.326 e. The van der Waals surface area contributed by atoms with Crippen LogP contribution in [0, 0.1) is 12.8 Å². The molecule has 1 aliphatic carbocycles. The molecule has 0 heterocycles. The molecule has 0 bridgehead atoms. The van der Waals surface area contributed by atoms with Crippen molar-refractivity contribution in [3.05, 3.63) is 54.1 Å². The fourth-order valence-corrected chi connectivity index (χ4v) is 3.08. The van der Waals surface area contributed by atoms with Gasteiger partial charge in [-0.2, -0.15) is 0 Å². The molecule has 2 aromatic carbocycles. The number of hydrogen-bond acceptors (Lipinski definition) is 3. The van der Waals surface area contributed by atoms with Gasteiger partial charge < -0.3 is 10.6 Å². The van der Waals surface area contributed by atoms with Crippen molar-refractivity contribution < 1.29 is 9.59 Å². The Morgan fingerprint density at radius 1 is 1.04 bits per heavy atom. The molecule has 0 aliphatic heterocycles. The van der Waals surface area contributed by atoms with Gasteiger partial charge in [0.15, 0.2) is 0 Å². The van der Waals surface area contributed by atoms with Crippen LogP contribution in [0.3, 0.4) is 0 Å². The number of rotatable bonds is 6. The lowest BCUT2D eigenvalue weighted by atomic mass is 10.2. The zero-order valence-corrected chi connectivity index (χ0v) is 14.4. The first-order valence-electron chi connectivity index (χ1n) is 8.00. The van der Waals surface area contributed by atoms with E-state index in [0.29, 0.717) is 5.75 Å². The van der Waals surface area contributed by atoms with Crippen LogP contribution in [0.1, 0.15) is 18.4 Å². The molecule has 0 spiro atoms. The Morgan fingerprint density at radius 2 is 1.75 bits per heavy atom. The van der Waals surface area contributed by atoms with Gasteiger partial charge in [-0.15, -0.1) is 11.8 Å². The summed E-state index contributed by atoms with van der Waals surface area (Å²) in [5.41, 5.74) is 2.71. The van der Waals surface area contributed by atoms with E-state index >= 15 is 0 Å². The topological polar surface area (TPSA) is 58.2 Å². The number of nitrogens with one attached hydrogen (secondary N) is 2. The predicted molar refractivity (Wildman–Crippen MR) is 98.3 cm³/mol. The first-order valence-corrected chi connectivity index (χ1v) is 8.99. The third-order valence-electron chi connectivity index (χ3n) is 3.72.